The van der Waals surface area contributed by atoms with Crippen molar-refractivity contribution in [2.45, 2.75) is 38.6 Å². The van der Waals surface area contributed by atoms with E-state index in [0.29, 0.717) is 6.04 Å². The molecule has 0 bridgehead atoms. The smallest absolute Gasteiger partial charge is 0.251 e. The second-order valence-electron chi connectivity index (χ2n) is 4.95. The fourth-order valence-corrected chi connectivity index (χ4v) is 2.79. The number of hydrogen-bond acceptors (Lipinski definition) is 1. The zero-order valence-electron chi connectivity index (χ0n) is 10.1. The van der Waals surface area contributed by atoms with Crippen LogP contribution < -0.4 is 5.32 Å². The van der Waals surface area contributed by atoms with Crippen LogP contribution in [0, 0.1) is 9.49 Å². The van der Waals surface area contributed by atoms with E-state index < -0.39 is 0 Å². The highest BCUT2D eigenvalue weighted by molar-refractivity contribution is 14.1. The lowest BCUT2D eigenvalue weighted by molar-refractivity contribution is 0.0921. The van der Waals surface area contributed by atoms with Crippen molar-refractivity contribution in [1.82, 2.24) is 5.32 Å². The van der Waals surface area contributed by atoms with Crippen LogP contribution in [0.5, 0.6) is 0 Å². The van der Waals surface area contributed by atoms with Gasteiger partial charge in [-0.3, -0.25) is 4.79 Å². The molecule has 2 atom stereocenters. The van der Waals surface area contributed by atoms with Gasteiger partial charge >= 0.3 is 0 Å². The third kappa shape index (κ3) is 3.69. The summed E-state index contributed by atoms with van der Waals surface area (Å²) in [5.74, 6) is 0.811. The van der Waals surface area contributed by atoms with E-state index in [2.05, 4.69) is 34.8 Å². The van der Waals surface area contributed by atoms with E-state index in [9.17, 15) is 4.79 Å². The van der Waals surface area contributed by atoms with Gasteiger partial charge in [-0.05, 0) is 65.6 Å². The molecule has 0 radical (unpaired) electrons. The third-order valence-electron chi connectivity index (χ3n) is 3.38. The fourth-order valence-electron chi connectivity index (χ4n) is 2.44. The molecule has 1 fully saturated rings. The number of hydrogen-bond donors (Lipinski definition) is 1. The molecule has 0 spiro atoms. The zero-order valence-corrected chi connectivity index (χ0v) is 12.2. The number of rotatable bonds is 2. The van der Waals surface area contributed by atoms with Crippen molar-refractivity contribution in [2.75, 3.05) is 0 Å². The van der Waals surface area contributed by atoms with Crippen LogP contribution in [0.3, 0.4) is 0 Å². The molecule has 17 heavy (non-hydrogen) atoms. The first-order valence-corrected chi connectivity index (χ1v) is 7.29. The summed E-state index contributed by atoms with van der Waals surface area (Å²) in [6, 6.07) is 8.09. The first kappa shape index (κ1) is 12.9. The van der Waals surface area contributed by atoms with E-state index in [1.165, 1.54) is 12.8 Å². The van der Waals surface area contributed by atoms with Gasteiger partial charge in [0.05, 0.1) is 0 Å². The molecule has 2 nitrogen and oxygen atoms in total. The summed E-state index contributed by atoms with van der Waals surface area (Å²) in [5.41, 5.74) is 0.767. The summed E-state index contributed by atoms with van der Waals surface area (Å²) in [4.78, 5) is 12.0. The number of halogens is 1. The minimum absolute atomic E-state index is 0.0699. The van der Waals surface area contributed by atoms with Crippen LogP contribution in [0.25, 0.3) is 0 Å². The summed E-state index contributed by atoms with van der Waals surface area (Å²) in [5, 5.41) is 3.14. The lowest BCUT2D eigenvalue weighted by atomic mass is 9.87. The Kier molecular flexibility index (Phi) is 4.42. The molecule has 92 valence electrons. The van der Waals surface area contributed by atoms with E-state index >= 15 is 0 Å². The van der Waals surface area contributed by atoms with Crippen LogP contribution >= 0.6 is 22.6 Å². The summed E-state index contributed by atoms with van der Waals surface area (Å²) in [6.07, 6.45) is 4.78. The molecule has 1 N–H and O–H groups in total. The Morgan fingerprint density at radius 1 is 1.29 bits per heavy atom. The van der Waals surface area contributed by atoms with Crippen LogP contribution in [0.15, 0.2) is 24.3 Å². The van der Waals surface area contributed by atoms with Crippen LogP contribution in [0.4, 0.5) is 0 Å². The summed E-state index contributed by atoms with van der Waals surface area (Å²) in [6.45, 7) is 2.27. The van der Waals surface area contributed by atoms with Gasteiger partial charge < -0.3 is 5.32 Å². The Hall–Kier alpha value is -0.580. The number of nitrogens with one attached hydrogen (secondary N) is 1. The maximum atomic E-state index is 12.0. The summed E-state index contributed by atoms with van der Waals surface area (Å²) in [7, 11) is 0. The number of carbonyl (C=O) groups is 1. The highest BCUT2D eigenvalue weighted by atomic mass is 127. The van der Waals surface area contributed by atoms with Gasteiger partial charge in [0.1, 0.15) is 0 Å². The highest BCUT2D eigenvalue weighted by Crippen LogP contribution is 2.23. The standard InChI is InChI=1S/C14H18INO/c1-10-3-2-4-13(9-10)16-14(17)11-5-7-12(15)8-6-11/h5-8,10,13H,2-4,9H2,1H3,(H,16,17). The molecule has 0 saturated heterocycles. The van der Waals surface area contributed by atoms with Crippen molar-refractivity contribution in [3.8, 4) is 0 Å². The van der Waals surface area contributed by atoms with Gasteiger partial charge in [0.2, 0.25) is 0 Å². The monoisotopic (exact) mass is 343 g/mol. The molecule has 1 saturated carbocycles. The topological polar surface area (TPSA) is 29.1 Å². The molecule has 0 aromatic heterocycles. The van der Waals surface area contributed by atoms with Crippen LogP contribution in [-0.2, 0) is 0 Å². The van der Waals surface area contributed by atoms with Crippen molar-refractivity contribution in [2.24, 2.45) is 5.92 Å². The third-order valence-corrected chi connectivity index (χ3v) is 4.10. The summed E-state index contributed by atoms with van der Waals surface area (Å²) < 4.78 is 1.16. The van der Waals surface area contributed by atoms with Gasteiger partial charge in [-0.2, -0.15) is 0 Å². The molecule has 2 rings (SSSR count). The normalized spacial score (nSPS) is 24.4. The van der Waals surface area contributed by atoms with Gasteiger partial charge in [0.25, 0.3) is 5.91 Å². The molecule has 3 heteroatoms. The van der Waals surface area contributed by atoms with Gasteiger partial charge in [0.15, 0.2) is 0 Å². The quantitative estimate of drug-likeness (QED) is 0.817. The minimum Gasteiger partial charge on any atom is -0.349 e. The van der Waals surface area contributed by atoms with E-state index in [1.807, 2.05) is 24.3 Å². The molecule has 1 amide bonds. The Balaban J connectivity index is 1.94. The van der Waals surface area contributed by atoms with E-state index in [4.69, 9.17) is 0 Å². The SMILES string of the molecule is CC1CCCC(NC(=O)c2ccc(I)cc2)C1. The number of benzene rings is 1. The van der Waals surface area contributed by atoms with Gasteiger partial charge in [-0.25, -0.2) is 0 Å². The molecule has 1 aromatic carbocycles. The van der Waals surface area contributed by atoms with Crippen molar-refractivity contribution in [1.29, 1.82) is 0 Å². The van der Waals surface area contributed by atoms with Crippen molar-refractivity contribution >= 4 is 28.5 Å². The minimum atomic E-state index is 0.0699. The lowest BCUT2D eigenvalue weighted by Gasteiger charge is -2.27. The van der Waals surface area contributed by atoms with Crippen LogP contribution in [0.2, 0.25) is 0 Å². The molecule has 1 aromatic rings. The average molecular weight is 343 g/mol. The lowest BCUT2D eigenvalue weighted by Crippen LogP contribution is -2.37. The largest absolute Gasteiger partial charge is 0.349 e. The molecular weight excluding hydrogens is 325 g/mol. The highest BCUT2D eigenvalue weighted by Gasteiger charge is 2.20. The maximum Gasteiger partial charge on any atom is 0.251 e. The average Bonchev–Trinajstić information content (AvgIpc) is 2.29. The maximum absolute atomic E-state index is 12.0. The summed E-state index contributed by atoms with van der Waals surface area (Å²) >= 11 is 2.25. The van der Waals surface area contributed by atoms with Crippen molar-refractivity contribution < 1.29 is 4.79 Å². The zero-order chi connectivity index (χ0) is 12.3. The van der Waals surface area contributed by atoms with Gasteiger partial charge in [-0.1, -0.05) is 19.8 Å². The fraction of sp³-hybridized carbons (Fsp3) is 0.500. The number of amides is 1. The Labute approximate surface area is 116 Å². The predicted molar refractivity (Wildman–Crippen MR) is 78.0 cm³/mol. The van der Waals surface area contributed by atoms with Crippen LogP contribution in [-0.4, -0.2) is 11.9 Å². The molecule has 0 heterocycles. The molecular formula is C14H18INO. The molecule has 1 aliphatic rings. The van der Waals surface area contributed by atoms with E-state index in [0.717, 1.165) is 27.9 Å². The Morgan fingerprint density at radius 2 is 2.00 bits per heavy atom. The van der Waals surface area contributed by atoms with E-state index in [1.54, 1.807) is 0 Å². The number of carbonyl (C=O) groups excluding carboxylic acids is 1. The second kappa shape index (κ2) is 5.85. The van der Waals surface area contributed by atoms with E-state index in [-0.39, 0.29) is 5.91 Å². The first-order valence-electron chi connectivity index (χ1n) is 6.21. The van der Waals surface area contributed by atoms with Crippen molar-refractivity contribution in [3.63, 3.8) is 0 Å². The predicted octanol–water partition coefficient (Wildman–Crippen LogP) is 3.60. The molecule has 0 aliphatic heterocycles. The van der Waals surface area contributed by atoms with Crippen molar-refractivity contribution in [3.05, 3.63) is 33.4 Å². The molecule has 2 unspecified atom stereocenters. The Bertz CT molecular complexity index is 388. The van der Waals surface area contributed by atoms with Gasteiger partial charge in [0, 0.05) is 15.2 Å². The molecule has 1 aliphatic carbocycles. The Morgan fingerprint density at radius 3 is 2.65 bits per heavy atom. The first-order chi connectivity index (χ1) is 8.15. The van der Waals surface area contributed by atoms with Crippen LogP contribution in [0.1, 0.15) is 43.0 Å². The second-order valence-corrected chi connectivity index (χ2v) is 6.19. The van der Waals surface area contributed by atoms with Gasteiger partial charge in [-0.15, -0.1) is 0 Å².